The summed E-state index contributed by atoms with van der Waals surface area (Å²) in [6.07, 6.45) is 1.12. The number of benzene rings is 2. The van der Waals surface area contributed by atoms with Crippen molar-refractivity contribution < 1.29 is 27.8 Å². The van der Waals surface area contributed by atoms with Crippen LogP contribution in [0.3, 0.4) is 0 Å². The highest BCUT2D eigenvalue weighted by atomic mass is 32.2. The molecule has 142 valence electrons. The number of rotatable bonds is 4. The van der Waals surface area contributed by atoms with Crippen molar-refractivity contribution in [3.8, 4) is 11.5 Å². The smallest absolute Gasteiger partial charge is 0.210 e. The Kier molecular flexibility index (Phi) is 4.51. The molecule has 7 heteroatoms. The van der Waals surface area contributed by atoms with Gasteiger partial charge in [-0.25, -0.2) is 8.42 Å². The molecular weight excluding hydrogens is 368 g/mol. The molecule has 0 amide bonds. The average molecular weight is 388 g/mol. The van der Waals surface area contributed by atoms with E-state index in [1.165, 1.54) is 19.2 Å². The van der Waals surface area contributed by atoms with Crippen LogP contribution >= 0.6 is 0 Å². The molecule has 0 saturated heterocycles. The Balaban J connectivity index is 2.22. The molecule has 0 aromatic heterocycles. The maximum atomic E-state index is 13.0. The summed E-state index contributed by atoms with van der Waals surface area (Å²) in [6.45, 7) is 3.29. The summed E-state index contributed by atoms with van der Waals surface area (Å²) in [6, 6.07) is 10.9. The van der Waals surface area contributed by atoms with E-state index in [9.17, 15) is 18.3 Å². The van der Waals surface area contributed by atoms with Gasteiger partial charge in [-0.2, -0.15) is 0 Å². The van der Waals surface area contributed by atoms with Crippen LogP contribution in [0.4, 0.5) is 0 Å². The van der Waals surface area contributed by atoms with E-state index < -0.39 is 15.4 Å². The van der Waals surface area contributed by atoms with Crippen LogP contribution in [0.1, 0.15) is 25.0 Å². The molecule has 0 atom stereocenters. The largest absolute Gasteiger partial charge is 0.504 e. The van der Waals surface area contributed by atoms with Gasteiger partial charge in [0.2, 0.25) is 5.78 Å². The fourth-order valence-electron chi connectivity index (χ4n) is 2.95. The zero-order chi connectivity index (χ0) is 20.0. The SMILES string of the molecule is COc1cccc(C2=C(c3ccc(S(C)(=O)=O)cc3)OC(C)(C)C2=O)c1O. The zero-order valence-corrected chi connectivity index (χ0v) is 16.3. The number of ketones is 1. The summed E-state index contributed by atoms with van der Waals surface area (Å²) in [5.41, 5.74) is -0.0513. The number of sulfone groups is 1. The fraction of sp³-hybridized carbons (Fsp3) is 0.250. The minimum atomic E-state index is -3.34. The molecule has 2 aromatic rings. The van der Waals surface area contributed by atoms with Gasteiger partial charge in [-0.05, 0) is 44.2 Å². The molecule has 0 spiro atoms. The fourth-order valence-corrected chi connectivity index (χ4v) is 3.58. The lowest BCUT2D eigenvalue weighted by Gasteiger charge is -2.18. The first-order valence-electron chi connectivity index (χ1n) is 8.21. The minimum Gasteiger partial charge on any atom is -0.504 e. The summed E-state index contributed by atoms with van der Waals surface area (Å²) >= 11 is 0. The van der Waals surface area contributed by atoms with Crippen LogP contribution in [-0.2, 0) is 19.4 Å². The highest BCUT2D eigenvalue weighted by Crippen LogP contribution is 2.45. The van der Waals surface area contributed by atoms with Crippen molar-refractivity contribution in [2.45, 2.75) is 24.3 Å². The molecule has 0 fully saturated rings. The van der Waals surface area contributed by atoms with Gasteiger partial charge in [-0.15, -0.1) is 0 Å². The predicted octanol–water partition coefficient (Wildman–Crippen LogP) is 3.05. The normalized spacial score (nSPS) is 16.4. The summed E-state index contributed by atoms with van der Waals surface area (Å²) in [4.78, 5) is 13.1. The van der Waals surface area contributed by atoms with Crippen LogP contribution in [-0.4, -0.2) is 38.3 Å². The summed E-state index contributed by atoms with van der Waals surface area (Å²) < 4.78 is 34.4. The van der Waals surface area contributed by atoms with E-state index in [0.29, 0.717) is 11.1 Å². The van der Waals surface area contributed by atoms with Crippen LogP contribution in [0.25, 0.3) is 11.3 Å². The maximum Gasteiger partial charge on any atom is 0.210 e. The lowest BCUT2D eigenvalue weighted by Crippen LogP contribution is -2.29. The number of para-hydroxylation sites is 1. The van der Waals surface area contributed by atoms with Gasteiger partial charge < -0.3 is 14.6 Å². The second-order valence-corrected chi connectivity index (χ2v) is 8.81. The first-order chi connectivity index (χ1) is 12.6. The van der Waals surface area contributed by atoms with E-state index in [-0.39, 0.29) is 33.5 Å². The molecule has 1 aliphatic heterocycles. The third kappa shape index (κ3) is 3.30. The Morgan fingerprint density at radius 2 is 1.70 bits per heavy atom. The number of carbonyl (C=O) groups excluding carboxylic acids is 1. The van der Waals surface area contributed by atoms with Crippen molar-refractivity contribution >= 4 is 27.0 Å². The van der Waals surface area contributed by atoms with Gasteiger partial charge in [0, 0.05) is 17.4 Å². The molecule has 3 rings (SSSR count). The van der Waals surface area contributed by atoms with Gasteiger partial charge in [0.05, 0.1) is 17.6 Å². The molecule has 1 heterocycles. The Bertz CT molecular complexity index is 1050. The van der Waals surface area contributed by atoms with Crippen LogP contribution in [0.2, 0.25) is 0 Å². The van der Waals surface area contributed by atoms with E-state index >= 15 is 0 Å². The van der Waals surface area contributed by atoms with Gasteiger partial charge in [0.15, 0.2) is 26.9 Å². The topological polar surface area (TPSA) is 89.9 Å². The lowest BCUT2D eigenvalue weighted by atomic mass is 9.92. The molecule has 6 nitrogen and oxygen atoms in total. The number of hydrogen-bond donors (Lipinski definition) is 1. The van der Waals surface area contributed by atoms with Gasteiger partial charge in [-0.1, -0.05) is 12.1 Å². The third-order valence-electron chi connectivity index (χ3n) is 4.39. The number of phenols is 1. The van der Waals surface area contributed by atoms with E-state index in [1.54, 1.807) is 44.2 Å². The Morgan fingerprint density at radius 3 is 2.26 bits per heavy atom. The number of hydrogen-bond acceptors (Lipinski definition) is 6. The second-order valence-electron chi connectivity index (χ2n) is 6.80. The lowest BCUT2D eigenvalue weighted by molar-refractivity contribution is -0.125. The van der Waals surface area contributed by atoms with E-state index in [0.717, 1.165) is 6.26 Å². The van der Waals surface area contributed by atoms with Crippen LogP contribution < -0.4 is 4.74 Å². The van der Waals surface area contributed by atoms with E-state index in [1.807, 2.05) is 0 Å². The second kappa shape index (κ2) is 6.42. The average Bonchev–Trinajstić information content (AvgIpc) is 2.85. The first kappa shape index (κ1) is 19.0. The summed E-state index contributed by atoms with van der Waals surface area (Å²) in [5, 5.41) is 10.5. The van der Waals surface area contributed by atoms with Gasteiger partial charge in [0.25, 0.3) is 0 Å². The monoisotopic (exact) mass is 388 g/mol. The van der Waals surface area contributed by atoms with Crippen molar-refractivity contribution in [3.63, 3.8) is 0 Å². The number of phenolic OH excluding ortho intramolecular Hbond substituents is 1. The Labute approximate surface area is 158 Å². The van der Waals surface area contributed by atoms with E-state index in [2.05, 4.69) is 0 Å². The maximum absolute atomic E-state index is 13.0. The summed E-state index contributed by atoms with van der Waals surface area (Å²) in [5.74, 6) is 0.0843. The van der Waals surface area contributed by atoms with Crippen LogP contribution in [0, 0.1) is 0 Å². The van der Waals surface area contributed by atoms with Crippen molar-refractivity contribution in [1.82, 2.24) is 0 Å². The van der Waals surface area contributed by atoms with Gasteiger partial charge in [-0.3, -0.25) is 4.79 Å². The van der Waals surface area contributed by atoms with Gasteiger partial charge in [0.1, 0.15) is 5.76 Å². The Morgan fingerprint density at radius 1 is 1.07 bits per heavy atom. The van der Waals surface area contributed by atoms with Crippen molar-refractivity contribution in [1.29, 1.82) is 0 Å². The standard InChI is InChI=1S/C20H20O6S/c1-20(2)19(22)16(14-6-5-7-15(25-3)17(14)21)18(26-20)12-8-10-13(11-9-12)27(4,23)24/h5-11,21H,1-4H3. The molecule has 0 unspecified atom stereocenters. The Hall–Kier alpha value is -2.80. The number of ether oxygens (including phenoxy) is 2. The number of carbonyl (C=O) groups is 1. The van der Waals surface area contributed by atoms with Crippen molar-refractivity contribution in [2.24, 2.45) is 0 Å². The quantitative estimate of drug-likeness (QED) is 0.866. The molecule has 1 aliphatic rings. The van der Waals surface area contributed by atoms with E-state index in [4.69, 9.17) is 9.47 Å². The molecule has 0 radical (unpaired) electrons. The van der Waals surface area contributed by atoms with Crippen molar-refractivity contribution in [2.75, 3.05) is 13.4 Å². The molecule has 0 bridgehead atoms. The molecular formula is C20H20O6S. The number of Topliss-reactive ketones (excluding diaryl/α,β-unsaturated/α-hetero) is 1. The molecule has 1 N–H and O–H groups in total. The molecule has 2 aromatic carbocycles. The zero-order valence-electron chi connectivity index (χ0n) is 15.4. The number of methoxy groups -OCH3 is 1. The predicted molar refractivity (Wildman–Crippen MR) is 101 cm³/mol. The molecule has 0 saturated carbocycles. The summed E-state index contributed by atoms with van der Waals surface area (Å²) in [7, 11) is -1.91. The van der Waals surface area contributed by atoms with Crippen molar-refractivity contribution in [3.05, 3.63) is 53.6 Å². The number of aromatic hydroxyl groups is 1. The molecule has 0 aliphatic carbocycles. The highest BCUT2D eigenvalue weighted by molar-refractivity contribution is 7.90. The molecule has 27 heavy (non-hydrogen) atoms. The third-order valence-corrected chi connectivity index (χ3v) is 5.52. The van der Waals surface area contributed by atoms with Gasteiger partial charge >= 0.3 is 0 Å². The first-order valence-corrected chi connectivity index (χ1v) is 10.1. The highest BCUT2D eigenvalue weighted by Gasteiger charge is 2.43. The minimum absolute atomic E-state index is 0.157. The van der Waals surface area contributed by atoms with Crippen LogP contribution in [0.5, 0.6) is 11.5 Å². The van der Waals surface area contributed by atoms with Crippen LogP contribution in [0.15, 0.2) is 47.4 Å².